The van der Waals surface area contributed by atoms with Crippen LogP contribution in [-0.4, -0.2) is 52.9 Å². The Morgan fingerprint density at radius 3 is 2.69 bits per heavy atom. The van der Waals surface area contributed by atoms with Gasteiger partial charge in [-0.05, 0) is 43.0 Å². The molecule has 0 radical (unpaired) electrons. The summed E-state index contributed by atoms with van der Waals surface area (Å²) in [7, 11) is 0. The molecular weight excluding hydrogens is 375 g/mol. The number of nitrogens with one attached hydrogen (secondary N) is 2. The number of amides is 4. The number of nitrogens with zero attached hydrogens (tertiary/aromatic N) is 2. The van der Waals surface area contributed by atoms with E-state index in [-0.39, 0.29) is 42.8 Å². The van der Waals surface area contributed by atoms with Crippen molar-refractivity contribution >= 4 is 17.8 Å². The number of urea groups is 1. The Hall–Kier alpha value is -2.48. The molecule has 8 heteroatoms. The fourth-order valence-corrected chi connectivity index (χ4v) is 4.15. The molecule has 1 aliphatic carbocycles. The van der Waals surface area contributed by atoms with Crippen LogP contribution in [0.4, 0.5) is 9.18 Å². The van der Waals surface area contributed by atoms with Gasteiger partial charge in [-0.25, -0.2) is 14.1 Å². The van der Waals surface area contributed by atoms with E-state index in [1.54, 1.807) is 17.0 Å². The van der Waals surface area contributed by atoms with E-state index in [0.29, 0.717) is 19.5 Å². The first-order valence-corrected chi connectivity index (χ1v) is 10.2. The lowest BCUT2D eigenvalue weighted by Gasteiger charge is -2.37. The highest BCUT2D eigenvalue weighted by atomic mass is 19.1. The second kappa shape index (κ2) is 8.90. The molecule has 4 amide bonds. The molecule has 2 atom stereocenters. The third kappa shape index (κ3) is 4.58. The summed E-state index contributed by atoms with van der Waals surface area (Å²) in [6.07, 6.45) is 3.58. The summed E-state index contributed by atoms with van der Waals surface area (Å²) in [5, 5.41) is 5.72. The van der Waals surface area contributed by atoms with Gasteiger partial charge >= 0.3 is 6.03 Å². The van der Waals surface area contributed by atoms with Crippen molar-refractivity contribution in [1.29, 1.82) is 0 Å². The highest BCUT2D eigenvalue weighted by Gasteiger charge is 2.55. The lowest BCUT2D eigenvalue weighted by Crippen LogP contribution is -2.54. The zero-order chi connectivity index (χ0) is 21.0. The Bertz CT molecular complexity index is 770. The van der Waals surface area contributed by atoms with Crippen molar-refractivity contribution in [3.63, 3.8) is 0 Å². The molecule has 7 nitrogen and oxygen atoms in total. The van der Waals surface area contributed by atoms with E-state index >= 15 is 0 Å². The molecule has 0 unspecified atom stereocenters. The molecule has 1 aromatic rings. The molecule has 158 valence electrons. The van der Waals surface area contributed by atoms with E-state index in [4.69, 9.17) is 0 Å². The quantitative estimate of drug-likeness (QED) is 0.683. The van der Waals surface area contributed by atoms with Crippen LogP contribution in [0.3, 0.4) is 0 Å². The molecule has 1 spiro atoms. The maximum Gasteiger partial charge on any atom is 0.326 e. The van der Waals surface area contributed by atoms with Crippen molar-refractivity contribution in [1.82, 2.24) is 20.4 Å². The van der Waals surface area contributed by atoms with Gasteiger partial charge in [0.25, 0.3) is 5.91 Å². The van der Waals surface area contributed by atoms with Crippen molar-refractivity contribution in [3.8, 4) is 0 Å². The van der Waals surface area contributed by atoms with Crippen molar-refractivity contribution in [2.24, 2.45) is 5.92 Å². The van der Waals surface area contributed by atoms with Gasteiger partial charge in [-0.2, -0.15) is 0 Å². The average molecular weight is 404 g/mol. The van der Waals surface area contributed by atoms with E-state index < -0.39 is 5.54 Å². The Balaban J connectivity index is 1.56. The van der Waals surface area contributed by atoms with Crippen LogP contribution in [-0.2, 0) is 16.1 Å². The van der Waals surface area contributed by atoms with Crippen molar-refractivity contribution < 1.29 is 18.8 Å². The number of benzene rings is 1. The first-order valence-electron chi connectivity index (χ1n) is 10.2. The average Bonchev–Trinajstić information content (AvgIpc) is 2.94. The number of imide groups is 1. The molecule has 2 aliphatic rings. The first kappa shape index (κ1) is 21.2. The second-order valence-corrected chi connectivity index (χ2v) is 7.97. The topological polar surface area (TPSA) is 81.8 Å². The summed E-state index contributed by atoms with van der Waals surface area (Å²) in [4.78, 5) is 40.9. The van der Waals surface area contributed by atoms with E-state index in [1.165, 1.54) is 17.0 Å². The van der Waals surface area contributed by atoms with Gasteiger partial charge in [0.15, 0.2) is 0 Å². The van der Waals surface area contributed by atoms with Gasteiger partial charge in [0.2, 0.25) is 5.91 Å². The summed E-state index contributed by atoms with van der Waals surface area (Å²) >= 11 is 0. The predicted octanol–water partition coefficient (Wildman–Crippen LogP) is 2.22. The summed E-state index contributed by atoms with van der Waals surface area (Å²) in [6.45, 7) is 4.85. The van der Waals surface area contributed by atoms with Crippen molar-refractivity contribution in [2.45, 2.75) is 51.6 Å². The van der Waals surface area contributed by atoms with Crippen LogP contribution in [0.2, 0.25) is 0 Å². The Morgan fingerprint density at radius 1 is 1.31 bits per heavy atom. The minimum absolute atomic E-state index is 0.0668. The minimum atomic E-state index is -0.792. The molecule has 1 aromatic carbocycles. The number of likely N-dealkylation sites (N-methyl/N-ethyl adjacent to an activating group) is 1. The van der Waals surface area contributed by atoms with Crippen LogP contribution in [0.15, 0.2) is 24.3 Å². The summed E-state index contributed by atoms with van der Waals surface area (Å²) < 4.78 is 13.0. The molecule has 29 heavy (non-hydrogen) atoms. The molecular formula is C21H29FN4O3. The van der Waals surface area contributed by atoms with Crippen LogP contribution in [0, 0.1) is 11.7 Å². The molecule has 2 fully saturated rings. The largest absolute Gasteiger partial charge is 0.351 e. The number of hydrogen-bond acceptors (Lipinski definition) is 4. The molecule has 1 saturated heterocycles. The predicted molar refractivity (Wildman–Crippen MR) is 106 cm³/mol. The zero-order valence-electron chi connectivity index (χ0n) is 17.0. The molecule has 3 rings (SSSR count). The van der Waals surface area contributed by atoms with Gasteiger partial charge in [-0.3, -0.25) is 14.5 Å². The highest BCUT2D eigenvalue weighted by molar-refractivity contribution is 6.07. The SMILES string of the molecule is CCN(CC(=O)NCc1ccc(F)cc1)CN1C(=O)N[C@]2(CCCC[C@@H]2C)C1=O. The Morgan fingerprint density at radius 2 is 2.03 bits per heavy atom. The number of halogens is 1. The molecule has 1 heterocycles. The minimum Gasteiger partial charge on any atom is -0.351 e. The fraction of sp³-hybridized carbons (Fsp3) is 0.571. The van der Waals surface area contributed by atoms with Crippen LogP contribution in [0.25, 0.3) is 0 Å². The second-order valence-electron chi connectivity index (χ2n) is 7.97. The van der Waals surface area contributed by atoms with Gasteiger partial charge in [-0.15, -0.1) is 0 Å². The van der Waals surface area contributed by atoms with Gasteiger partial charge < -0.3 is 10.6 Å². The third-order valence-electron chi connectivity index (χ3n) is 6.06. The van der Waals surface area contributed by atoms with E-state index in [0.717, 1.165) is 24.8 Å². The van der Waals surface area contributed by atoms with Crippen LogP contribution >= 0.6 is 0 Å². The fourth-order valence-electron chi connectivity index (χ4n) is 4.15. The third-order valence-corrected chi connectivity index (χ3v) is 6.06. The van der Waals surface area contributed by atoms with Crippen LogP contribution < -0.4 is 10.6 Å². The van der Waals surface area contributed by atoms with Gasteiger partial charge in [0.05, 0.1) is 13.2 Å². The van der Waals surface area contributed by atoms with Crippen molar-refractivity contribution in [2.75, 3.05) is 19.8 Å². The molecule has 2 N–H and O–H groups in total. The van der Waals surface area contributed by atoms with E-state index in [1.807, 2.05) is 13.8 Å². The number of hydrogen-bond donors (Lipinski definition) is 2. The molecule has 1 aliphatic heterocycles. The monoisotopic (exact) mass is 404 g/mol. The number of carbonyl (C=O) groups is 3. The molecule has 0 bridgehead atoms. The maximum atomic E-state index is 13.1. The number of rotatable bonds is 7. The van der Waals surface area contributed by atoms with Gasteiger partial charge in [0.1, 0.15) is 11.4 Å². The van der Waals surface area contributed by atoms with E-state index in [2.05, 4.69) is 10.6 Å². The first-order chi connectivity index (χ1) is 13.9. The van der Waals surface area contributed by atoms with Gasteiger partial charge in [-0.1, -0.05) is 38.8 Å². The smallest absolute Gasteiger partial charge is 0.326 e. The van der Waals surface area contributed by atoms with Gasteiger partial charge in [0, 0.05) is 6.54 Å². The standard InChI is InChI=1S/C21H29FN4O3/c1-3-25(13-18(27)23-12-16-7-9-17(22)10-8-16)14-26-19(28)21(24-20(26)29)11-5-4-6-15(21)2/h7-10,15H,3-6,11-14H2,1-2H3,(H,23,27)(H,24,29)/t15-,21-/m0/s1. The molecule has 1 saturated carbocycles. The summed E-state index contributed by atoms with van der Waals surface area (Å²) in [6, 6.07) is 5.55. The normalized spacial score (nSPS) is 24.3. The zero-order valence-corrected chi connectivity index (χ0v) is 17.0. The summed E-state index contributed by atoms with van der Waals surface area (Å²) in [5.74, 6) is -0.619. The lowest BCUT2D eigenvalue weighted by atomic mass is 9.73. The maximum absolute atomic E-state index is 13.1. The number of carbonyl (C=O) groups excluding carboxylic acids is 3. The lowest BCUT2D eigenvalue weighted by molar-refractivity contribution is -0.136. The van der Waals surface area contributed by atoms with Crippen molar-refractivity contribution in [3.05, 3.63) is 35.6 Å². The van der Waals surface area contributed by atoms with Crippen LogP contribution in [0.1, 0.15) is 45.1 Å². The Kier molecular flexibility index (Phi) is 6.52. The highest BCUT2D eigenvalue weighted by Crippen LogP contribution is 2.38. The van der Waals surface area contributed by atoms with Crippen LogP contribution in [0.5, 0.6) is 0 Å². The summed E-state index contributed by atoms with van der Waals surface area (Å²) in [5.41, 5.74) is 0.00434. The Labute approximate surface area is 170 Å². The van der Waals surface area contributed by atoms with E-state index in [9.17, 15) is 18.8 Å². The molecule has 0 aromatic heterocycles.